The Hall–Kier alpha value is -3.95. The second kappa shape index (κ2) is 9.50. The fourth-order valence-electron chi connectivity index (χ4n) is 3.81. The van der Waals surface area contributed by atoms with Gasteiger partial charge in [0, 0.05) is 31.3 Å². The number of pyridine rings is 1. The van der Waals surface area contributed by atoms with Gasteiger partial charge in [0.05, 0.1) is 5.69 Å². The van der Waals surface area contributed by atoms with Crippen molar-refractivity contribution in [2.24, 2.45) is 0 Å². The molecule has 0 saturated heterocycles. The Morgan fingerprint density at radius 1 is 1.06 bits per heavy atom. The third-order valence-electron chi connectivity index (χ3n) is 5.35. The molecular formula is C24H19F4N3O3. The Morgan fingerprint density at radius 2 is 1.79 bits per heavy atom. The van der Waals surface area contributed by atoms with Gasteiger partial charge in [0.2, 0.25) is 5.91 Å². The lowest BCUT2D eigenvalue weighted by Gasteiger charge is -2.24. The standard InChI is InChI=1S/C24H19F4N3O3/c25-19-6-3-12-29-20(19)11-13-31-21(17-4-1-2-5-18(17)23(31)33)22(32)30-14-15-7-9-16(10-8-15)34-24(26,27)28/h1-10,12,21H,11,13-14H2,(H,30,32). The first-order valence-electron chi connectivity index (χ1n) is 10.3. The fraction of sp³-hybridized carbons (Fsp3) is 0.208. The summed E-state index contributed by atoms with van der Waals surface area (Å²) < 4.78 is 54.8. The Kier molecular flexibility index (Phi) is 6.49. The number of alkyl halides is 3. The van der Waals surface area contributed by atoms with E-state index in [4.69, 9.17) is 0 Å². The second-order valence-corrected chi connectivity index (χ2v) is 7.58. The van der Waals surface area contributed by atoms with Crippen molar-refractivity contribution in [1.29, 1.82) is 0 Å². The first kappa shape index (κ1) is 23.2. The number of benzene rings is 2. The van der Waals surface area contributed by atoms with Gasteiger partial charge in [-0.2, -0.15) is 0 Å². The lowest BCUT2D eigenvalue weighted by molar-refractivity contribution is -0.274. The molecule has 2 heterocycles. The normalized spacial score (nSPS) is 15.2. The van der Waals surface area contributed by atoms with E-state index in [0.717, 1.165) is 12.1 Å². The van der Waals surface area contributed by atoms with Crippen LogP contribution in [0.15, 0.2) is 66.9 Å². The van der Waals surface area contributed by atoms with Crippen LogP contribution in [0.5, 0.6) is 5.75 Å². The van der Waals surface area contributed by atoms with E-state index in [1.54, 1.807) is 24.3 Å². The summed E-state index contributed by atoms with van der Waals surface area (Å²) in [5.41, 5.74) is 1.65. The summed E-state index contributed by atoms with van der Waals surface area (Å²) in [5.74, 6) is -1.67. The highest BCUT2D eigenvalue weighted by Gasteiger charge is 2.40. The van der Waals surface area contributed by atoms with Gasteiger partial charge in [0.15, 0.2) is 0 Å². The molecule has 0 radical (unpaired) electrons. The lowest BCUT2D eigenvalue weighted by atomic mass is 10.0. The van der Waals surface area contributed by atoms with Crippen LogP contribution in [-0.4, -0.2) is 34.6 Å². The molecule has 0 spiro atoms. The van der Waals surface area contributed by atoms with Gasteiger partial charge >= 0.3 is 6.36 Å². The van der Waals surface area contributed by atoms with Gasteiger partial charge in [-0.05, 0) is 41.5 Å². The number of nitrogens with zero attached hydrogens (tertiary/aromatic N) is 2. The van der Waals surface area contributed by atoms with Crippen LogP contribution in [0.3, 0.4) is 0 Å². The highest BCUT2D eigenvalue weighted by Crippen LogP contribution is 2.34. The summed E-state index contributed by atoms with van der Waals surface area (Å²) in [6.45, 7) is 0.101. The van der Waals surface area contributed by atoms with Crippen molar-refractivity contribution >= 4 is 11.8 Å². The van der Waals surface area contributed by atoms with Gasteiger partial charge in [-0.25, -0.2) is 4.39 Å². The van der Waals surface area contributed by atoms with Crippen LogP contribution >= 0.6 is 0 Å². The molecule has 2 aromatic carbocycles. The number of carbonyl (C=O) groups excluding carboxylic acids is 2. The van der Waals surface area contributed by atoms with Gasteiger partial charge in [0.1, 0.15) is 17.6 Å². The lowest BCUT2D eigenvalue weighted by Crippen LogP contribution is -2.40. The molecular weight excluding hydrogens is 454 g/mol. The Morgan fingerprint density at radius 3 is 2.50 bits per heavy atom. The average Bonchev–Trinajstić information content (AvgIpc) is 3.09. The molecule has 1 aromatic heterocycles. The maximum Gasteiger partial charge on any atom is 0.573 e. The van der Waals surface area contributed by atoms with E-state index in [0.29, 0.717) is 16.7 Å². The molecule has 0 bridgehead atoms. The van der Waals surface area contributed by atoms with Crippen molar-refractivity contribution in [2.75, 3.05) is 6.54 Å². The van der Waals surface area contributed by atoms with Crippen molar-refractivity contribution in [3.8, 4) is 5.75 Å². The molecule has 34 heavy (non-hydrogen) atoms. The topological polar surface area (TPSA) is 71.5 Å². The van der Waals surface area contributed by atoms with E-state index in [-0.39, 0.29) is 36.9 Å². The van der Waals surface area contributed by atoms with E-state index in [2.05, 4.69) is 15.0 Å². The quantitative estimate of drug-likeness (QED) is 0.523. The molecule has 0 saturated carbocycles. The van der Waals surface area contributed by atoms with Crippen LogP contribution in [0, 0.1) is 5.82 Å². The molecule has 1 unspecified atom stereocenters. The summed E-state index contributed by atoms with van der Waals surface area (Å²) in [6, 6.07) is 13.6. The Labute approximate surface area is 192 Å². The van der Waals surface area contributed by atoms with E-state index >= 15 is 0 Å². The Bertz CT molecular complexity index is 1200. The number of aromatic nitrogens is 1. The molecule has 10 heteroatoms. The molecule has 1 aliphatic rings. The second-order valence-electron chi connectivity index (χ2n) is 7.58. The number of ether oxygens (including phenoxy) is 1. The first-order valence-corrected chi connectivity index (χ1v) is 10.3. The third-order valence-corrected chi connectivity index (χ3v) is 5.35. The molecule has 4 rings (SSSR count). The molecule has 3 aromatic rings. The minimum atomic E-state index is -4.79. The highest BCUT2D eigenvalue weighted by atomic mass is 19.4. The Balaban J connectivity index is 1.47. The number of hydrogen-bond acceptors (Lipinski definition) is 4. The van der Waals surface area contributed by atoms with Crippen molar-refractivity contribution in [3.63, 3.8) is 0 Å². The number of nitrogens with one attached hydrogen (secondary N) is 1. The van der Waals surface area contributed by atoms with Gasteiger partial charge in [-0.3, -0.25) is 14.6 Å². The number of fused-ring (bicyclic) bond motifs is 1. The largest absolute Gasteiger partial charge is 0.573 e. The van der Waals surface area contributed by atoms with Crippen molar-refractivity contribution in [3.05, 3.63) is 95.1 Å². The highest BCUT2D eigenvalue weighted by molar-refractivity contribution is 6.04. The van der Waals surface area contributed by atoms with Gasteiger partial charge in [0.25, 0.3) is 5.91 Å². The first-order chi connectivity index (χ1) is 16.2. The average molecular weight is 473 g/mol. The molecule has 1 aliphatic heterocycles. The molecule has 176 valence electrons. The minimum absolute atomic E-state index is 0.0285. The summed E-state index contributed by atoms with van der Waals surface area (Å²) in [7, 11) is 0. The molecule has 6 nitrogen and oxygen atoms in total. The van der Waals surface area contributed by atoms with Crippen LogP contribution in [0.25, 0.3) is 0 Å². The maximum atomic E-state index is 14.0. The summed E-state index contributed by atoms with van der Waals surface area (Å²) in [5, 5.41) is 2.72. The molecule has 1 N–H and O–H groups in total. The maximum absolute atomic E-state index is 14.0. The summed E-state index contributed by atoms with van der Waals surface area (Å²) >= 11 is 0. The predicted octanol–water partition coefficient (Wildman–Crippen LogP) is 4.18. The van der Waals surface area contributed by atoms with Crippen molar-refractivity contribution < 1.29 is 31.9 Å². The zero-order valence-electron chi connectivity index (χ0n) is 17.7. The van der Waals surface area contributed by atoms with Crippen LogP contribution in [-0.2, 0) is 17.8 Å². The molecule has 1 atom stereocenters. The molecule has 2 amide bonds. The van der Waals surface area contributed by atoms with Crippen LogP contribution < -0.4 is 10.1 Å². The van der Waals surface area contributed by atoms with Gasteiger partial charge < -0.3 is 15.0 Å². The van der Waals surface area contributed by atoms with E-state index < -0.39 is 24.1 Å². The fourth-order valence-corrected chi connectivity index (χ4v) is 3.81. The van der Waals surface area contributed by atoms with Gasteiger partial charge in [-0.1, -0.05) is 30.3 Å². The van der Waals surface area contributed by atoms with E-state index in [1.807, 2.05) is 0 Å². The van der Waals surface area contributed by atoms with Crippen LogP contribution in [0.1, 0.15) is 33.2 Å². The monoisotopic (exact) mass is 473 g/mol. The molecule has 0 aliphatic carbocycles. The number of halogens is 4. The van der Waals surface area contributed by atoms with Crippen LogP contribution in [0.4, 0.5) is 17.6 Å². The predicted molar refractivity (Wildman–Crippen MR) is 113 cm³/mol. The van der Waals surface area contributed by atoms with E-state index in [1.165, 1.54) is 35.4 Å². The summed E-state index contributed by atoms with van der Waals surface area (Å²) in [4.78, 5) is 31.4. The van der Waals surface area contributed by atoms with Crippen LogP contribution in [0.2, 0.25) is 0 Å². The zero-order valence-corrected chi connectivity index (χ0v) is 17.7. The SMILES string of the molecule is O=C(NCc1ccc(OC(F)(F)F)cc1)C1c2ccccc2C(=O)N1CCc1ncccc1F. The van der Waals surface area contributed by atoms with Crippen molar-refractivity contribution in [1.82, 2.24) is 15.2 Å². The number of rotatable bonds is 7. The number of carbonyl (C=O) groups is 2. The number of hydrogen-bond donors (Lipinski definition) is 1. The zero-order chi connectivity index (χ0) is 24.3. The summed E-state index contributed by atoms with van der Waals surface area (Å²) in [6.07, 6.45) is -3.22. The smallest absolute Gasteiger partial charge is 0.406 e. The number of amides is 2. The third kappa shape index (κ3) is 5.16. The van der Waals surface area contributed by atoms with Gasteiger partial charge in [-0.15, -0.1) is 13.2 Å². The van der Waals surface area contributed by atoms with Crippen molar-refractivity contribution in [2.45, 2.75) is 25.4 Å². The minimum Gasteiger partial charge on any atom is -0.406 e. The van der Waals surface area contributed by atoms with E-state index in [9.17, 15) is 27.2 Å². The molecule has 0 fully saturated rings.